The number of piperidine rings is 1. The number of nitrogens with zero attached hydrogens (tertiary/aromatic N) is 1. The van der Waals surface area contributed by atoms with Gasteiger partial charge in [0.2, 0.25) is 0 Å². The van der Waals surface area contributed by atoms with Crippen LogP contribution in [0.3, 0.4) is 0 Å². The summed E-state index contributed by atoms with van der Waals surface area (Å²) in [6.07, 6.45) is 1.79. The van der Waals surface area contributed by atoms with E-state index in [0.717, 1.165) is 32.5 Å². The van der Waals surface area contributed by atoms with Gasteiger partial charge in [0.1, 0.15) is 5.60 Å². The van der Waals surface area contributed by atoms with Gasteiger partial charge in [-0.2, -0.15) is 0 Å². The van der Waals surface area contributed by atoms with Crippen molar-refractivity contribution in [1.82, 2.24) is 4.90 Å². The first-order valence-corrected chi connectivity index (χ1v) is 7.03. The van der Waals surface area contributed by atoms with Gasteiger partial charge < -0.3 is 19.5 Å². The third kappa shape index (κ3) is 3.83. The van der Waals surface area contributed by atoms with Crippen LogP contribution in [0.5, 0.6) is 0 Å². The molecular weight excluding hydrogens is 246 g/mol. The summed E-state index contributed by atoms with van der Waals surface area (Å²) in [5.41, 5.74) is -0.491. The van der Waals surface area contributed by atoms with E-state index >= 15 is 0 Å². The molecule has 110 valence electrons. The summed E-state index contributed by atoms with van der Waals surface area (Å²) in [6, 6.07) is 0. The highest BCUT2D eigenvalue weighted by atomic mass is 16.6. The van der Waals surface area contributed by atoms with Gasteiger partial charge in [0.15, 0.2) is 0 Å². The normalized spacial score (nSPS) is 27.4. The summed E-state index contributed by atoms with van der Waals surface area (Å²) in [6.45, 7) is 8.05. The number of ether oxygens (including phenoxy) is 2. The van der Waals surface area contributed by atoms with Crippen LogP contribution in [0, 0.1) is 5.41 Å². The van der Waals surface area contributed by atoms with Crippen molar-refractivity contribution in [1.29, 1.82) is 0 Å². The number of aliphatic hydroxyl groups excluding tert-OH is 1. The minimum absolute atomic E-state index is 0.00677. The Morgan fingerprint density at radius 1 is 1.37 bits per heavy atom. The minimum Gasteiger partial charge on any atom is -0.444 e. The van der Waals surface area contributed by atoms with Crippen LogP contribution in [0.25, 0.3) is 0 Å². The van der Waals surface area contributed by atoms with Gasteiger partial charge in [-0.05, 0) is 45.4 Å². The van der Waals surface area contributed by atoms with E-state index in [-0.39, 0.29) is 11.5 Å². The SMILES string of the molecule is CC(C)(C)OC(=O)N1CC(O)CC2(CCOCC2)C1. The number of aliphatic hydroxyl groups is 1. The molecule has 0 bridgehead atoms. The highest BCUT2D eigenvalue weighted by Gasteiger charge is 2.42. The van der Waals surface area contributed by atoms with Gasteiger partial charge in [0, 0.05) is 26.3 Å². The lowest BCUT2D eigenvalue weighted by Crippen LogP contribution is -2.54. The van der Waals surface area contributed by atoms with E-state index in [1.54, 1.807) is 4.90 Å². The van der Waals surface area contributed by atoms with Crippen molar-refractivity contribution < 1.29 is 19.4 Å². The second-order valence-electron chi connectivity index (χ2n) is 6.83. The topological polar surface area (TPSA) is 59.0 Å². The number of carbonyl (C=O) groups is 1. The average molecular weight is 271 g/mol. The van der Waals surface area contributed by atoms with Gasteiger partial charge >= 0.3 is 6.09 Å². The van der Waals surface area contributed by atoms with E-state index < -0.39 is 11.7 Å². The van der Waals surface area contributed by atoms with Crippen molar-refractivity contribution in [2.45, 2.75) is 51.7 Å². The average Bonchev–Trinajstić information content (AvgIpc) is 2.26. The zero-order valence-electron chi connectivity index (χ0n) is 12.1. The first-order chi connectivity index (χ1) is 8.80. The summed E-state index contributed by atoms with van der Waals surface area (Å²) in [7, 11) is 0. The molecule has 1 atom stereocenters. The number of carbonyl (C=O) groups excluding carboxylic acids is 1. The molecule has 2 heterocycles. The van der Waals surface area contributed by atoms with Crippen LogP contribution >= 0.6 is 0 Å². The molecule has 0 aromatic heterocycles. The van der Waals surface area contributed by atoms with Crippen molar-refractivity contribution in [2.24, 2.45) is 5.41 Å². The first kappa shape index (κ1) is 14.6. The highest BCUT2D eigenvalue weighted by Crippen LogP contribution is 2.39. The van der Waals surface area contributed by atoms with E-state index in [1.807, 2.05) is 20.8 Å². The lowest BCUT2D eigenvalue weighted by atomic mass is 9.73. The molecule has 0 saturated carbocycles. The van der Waals surface area contributed by atoms with Crippen LogP contribution in [0.4, 0.5) is 4.79 Å². The lowest BCUT2D eigenvalue weighted by Gasteiger charge is -2.46. The number of hydrogen-bond donors (Lipinski definition) is 1. The number of β-amino-alcohol motifs (C(OH)–C–C–N with tert-alkyl or cyclic N) is 1. The Hall–Kier alpha value is -0.810. The second-order valence-corrected chi connectivity index (χ2v) is 6.83. The Bertz CT molecular complexity index is 331. The van der Waals surface area contributed by atoms with Crippen LogP contribution in [0.15, 0.2) is 0 Å². The molecular formula is C14H25NO4. The van der Waals surface area contributed by atoms with E-state index in [9.17, 15) is 9.90 Å². The molecule has 2 rings (SSSR count). The van der Waals surface area contributed by atoms with Crippen LogP contribution in [-0.4, -0.2) is 54.1 Å². The Labute approximate surface area is 114 Å². The second kappa shape index (κ2) is 5.29. The maximum absolute atomic E-state index is 12.1. The van der Waals surface area contributed by atoms with E-state index in [2.05, 4.69) is 0 Å². The lowest BCUT2D eigenvalue weighted by molar-refractivity contribution is -0.0722. The fourth-order valence-corrected chi connectivity index (χ4v) is 2.98. The molecule has 1 spiro atoms. The van der Waals surface area contributed by atoms with Crippen molar-refractivity contribution in [3.63, 3.8) is 0 Å². The van der Waals surface area contributed by atoms with E-state index in [1.165, 1.54) is 0 Å². The zero-order chi connectivity index (χ0) is 14.1. The van der Waals surface area contributed by atoms with Crippen molar-refractivity contribution >= 4 is 6.09 Å². The van der Waals surface area contributed by atoms with Gasteiger partial charge in [0.05, 0.1) is 6.10 Å². The molecule has 2 fully saturated rings. The predicted octanol–water partition coefficient (Wildman–Crippen LogP) is 1.78. The van der Waals surface area contributed by atoms with Crippen molar-refractivity contribution in [3.8, 4) is 0 Å². The summed E-state index contributed by atoms with van der Waals surface area (Å²) in [5.74, 6) is 0. The van der Waals surface area contributed by atoms with Crippen LogP contribution in [0.2, 0.25) is 0 Å². The molecule has 5 nitrogen and oxygen atoms in total. The largest absolute Gasteiger partial charge is 0.444 e. The molecule has 1 unspecified atom stereocenters. The molecule has 1 N–H and O–H groups in total. The molecule has 5 heteroatoms. The molecule has 2 saturated heterocycles. The van der Waals surface area contributed by atoms with Crippen LogP contribution < -0.4 is 0 Å². The minimum atomic E-state index is -0.498. The van der Waals surface area contributed by atoms with Gasteiger partial charge in [-0.15, -0.1) is 0 Å². The fourth-order valence-electron chi connectivity index (χ4n) is 2.98. The van der Waals surface area contributed by atoms with Crippen LogP contribution in [-0.2, 0) is 9.47 Å². The smallest absolute Gasteiger partial charge is 0.410 e. The maximum Gasteiger partial charge on any atom is 0.410 e. The molecule has 1 amide bonds. The summed E-state index contributed by atoms with van der Waals surface area (Å²) in [4.78, 5) is 13.8. The molecule has 2 aliphatic rings. The Balaban J connectivity index is 2.03. The molecule has 0 aromatic rings. The van der Waals surface area contributed by atoms with Gasteiger partial charge in [-0.3, -0.25) is 0 Å². The third-order valence-electron chi connectivity index (χ3n) is 3.83. The molecule has 0 radical (unpaired) electrons. The number of amides is 1. The Morgan fingerprint density at radius 3 is 2.58 bits per heavy atom. The predicted molar refractivity (Wildman–Crippen MR) is 70.9 cm³/mol. The molecule has 19 heavy (non-hydrogen) atoms. The molecule has 2 aliphatic heterocycles. The van der Waals surface area contributed by atoms with Gasteiger partial charge in [-0.25, -0.2) is 4.79 Å². The Kier molecular flexibility index (Phi) is 4.06. The highest BCUT2D eigenvalue weighted by molar-refractivity contribution is 5.68. The molecule has 0 aromatic carbocycles. The standard InChI is InChI=1S/C14H25NO4/c1-13(2,3)19-12(17)15-9-11(16)8-14(10-15)4-6-18-7-5-14/h11,16H,4-10H2,1-3H3. The van der Waals surface area contributed by atoms with Crippen LogP contribution in [0.1, 0.15) is 40.0 Å². The number of rotatable bonds is 0. The van der Waals surface area contributed by atoms with Crippen molar-refractivity contribution in [3.05, 3.63) is 0 Å². The number of hydrogen-bond acceptors (Lipinski definition) is 4. The maximum atomic E-state index is 12.1. The number of likely N-dealkylation sites (tertiary alicyclic amines) is 1. The molecule has 0 aliphatic carbocycles. The quantitative estimate of drug-likeness (QED) is 0.729. The third-order valence-corrected chi connectivity index (χ3v) is 3.83. The van der Waals surface area contributed by atoms with E-state index in [0.29, 0.717) is 13.1 Å². The summed E-state index contributed by atoms with van der Waals surface area (Å²) >= 11 is 0. The Morgan fingerprint density at radius 2 is 2.00 bits per heavy atom. The van der Waals surface area contributed by atoms with Crippen molar-refractivity contribution in [2.75, 3.05) is 26.3 Å². The fraction of sp³-hybridized carbons (Fsp3) is 0.929. The zero-order valence-corrected chi connectivity index (χ0v) is 12.1. The first-order valence-electron chi connectivity index (χ1n) is 7.03. The summed E-state index contributed by atoms with van der Waals surface area (Å²) < 4.78 is 10.8. The summed E-state index contributed by atoms with van der Waals surface area (Å²) in [5, 5.41) is 10.1. The van der Waals surface area contributed by atoms with Gasteiger partial charge in [-0.1, -0.05) is 0 Å². The van der Waals surface area contributed by atoms with Gasteiger partial charge in [0.25, 0.3) is 0 Å². The monoisotopic (exact) mass is 271 g/mol. The van der Waals surface area contributed by atoms with E-state index in [4.69, 9.17) is 9.47 Å².